The number of aromatic amines is 1. The van der Waals surface area contributed by atoms with Crippen LogP contribution in [0.2, 0.25) is 0 Å². The van der Waals surface area contributed by atoms with Crippen LogP contribution < -0.4 is 10.6 Å². The Kier molecular flexibility index (Phi) is 7.42. The number of nitro groups is 1. The molecular weight excluding hydrogens is 496 g/mol. The van der Waals surface area contributed by atoms with E-state index in [1.807, 2.05) is 68.4 Å². The number of H-pyrrole nitrogens is 1. The zero-order chi connectivity index (χ0) is 27.5. The number of hydrogen-bond acceptors (Lipinski definition) is 6. The Hall–Kier alpha value is -4.50. The molecule has 2 heterocycles. The smallest absolute Gasteiger partial charge is 0.329 e. The second-order valence-corrected chi connectivity index (χ2v) is 10.1. The van der Waals surface area contributed by atoms with Crippen LogP contribution in [0.1, 0.15) is 42.3 Å². The lowest BCUT2D eigenvalue weighted by Crippen LogP contribution is -2.55. The normalized spacial score (nSPS) is 17.4. The Morgan fingerprint density at radius 3 is 2.41 bits per heavy atom. The number of carbonyl (C=O) groups is 2. The minimum absolute atomic E-state index is 0.00508. The summed E-state index contributed by atoms with van der Waals surface area (Å²) >= 11 is 0. The van der Waals surface area contributed by atoms with Gasteiger partial charge >= 0.3 is 5.97 Å². The molecule has 0 unspecified atom stereocenters. The van der Waals surface area contributed by atoms with E-state index in [4.69, 9.17) is 4.74 Å². The van der Waals surface area contributed by atoms with Gasteiger partial charge in [0.15, 0.2) is 0 Å². The number of ether oxygens (including phenoxy) is 1. The molecule has 1 aliphatic heterocycles. The highest BCUT2D eigenvalue weighted by molar-refractivity contribution is 5.91. The van der Waals surface area contributed by atoms with Crippen molar-refractivity contribution >= 4 is 28.5 Å². The van der Waals surface area contributed by atoms with Crippen LogP contribution in [0.25, 0.3) is 10.9 Å². The lowest BCUT2D eigenvalue weighted by Gasteiger charge is -2.32. The number of carbonyl (C=O) groups excluding carboxylic acids is 2. The van der Waals surface area contributed by atoms with Crippen LogP contribution in [-0.4, -0.2) is 33.9 Å². The van der Waals surface area contributed by atoms with E-state index >= 15 is 0 Å². The minimum Gasteiger partial charge on any atom is -0.459 e. The van der Waals surface area contributed by atoms with Crippen molar-refractivity contribution in [1.82, 2.24) is 15.6 Å². The van der Waals surface area contributed by atoms with Crippen molar-refractivity contribution in [3.05, 3.63) is 111 Å². The molecule has 3 aromatic carbocycles. The summed E-state index contributed by atoms with van der Waals surface area (Å²) in [6.07, 6.45) is 0.415. The number of fused-ring (bicyclic) bond motifs is 3. The van der Waals surface area contributed by atoms with E-state index in [0.717, 1.165) is 33.3 Å². The number of non-ortho nitro benzene ring substituents is 1. The second-order valence-electron chi connectivity index (χ2n) is 10.1. The highest BCUT2D eigenvalue weighted by atomic mass is 16.6. The molecule has 3 atom stereocenters. The van der Waals surface area contributed by atoms with E-state index in [-0.39, 0.29) is 24.1 Å². The Morgan fingerprint density at radius 1 is 1.03 bits per heavy atom. The molecule has 9 heteroatoms. The number of benzene rings is 3. The number of aromatic nitrogens is 1. The summed E-state index contributed by atoms with van der Waals surface area (Å²) in [5.41, 5.74) is 4.51. The number of nitrogens with one attached hydrogen (secondary N) is 3. The minimum atomic E-state index is -0.815. The van der Waals surface area contributed by atoms with Crippen LogP contribution in [-0.2, 0) is 27.4 Å². The van der Waals surface area contributed by atoms with Crippen molar-refractivity contribution in [2.75, 3.05) is 0 Å². The number of rotatable bonds is 8. The van der Waals surface area contributed by atoms with Gasteiger partial charge in [-0.25, -0.2) is 4.79 Å². The van der Waals surface area contributed by atoms with Gasteiger partial charge in [0.25, 0.3) is 5.69 Å². The lowest BCUT2D eigenvalue weighted by atomic mass is 9.89. The van der Waals surface area contributed by atoms with Crippen LogP contribution in [0.4, 0.5) is 5.69 Å². The average Bonchev–Trinajstić information content (AvgIpc) is 3.33. The third kappa shape index (κ3) is 5.53. The van der Waals surface area contributed by atoms with Crippen LogP contribution in [0.3, 0.4) is 0 Å². The van der Waals surface area contributed by atoms with Gasteiger partial charge in [0, 0.05) is 28.7 Å². The molecule has 1 amide bonds. The summed E-state index contributed by atoms with van der Waals surface area (Å²) in [7, 11) is 0. The highest BCUT2D eigenvalue weighted by Gasteiger charge is 2.36. The topological polar surface area (TPSA) is 126 Å². The van der Waals surface area contributed by atoms with Crippen molar-refractivity contribution in [3.8, 4) is 0 Å². The maximum atomic E-state index is 13.6. The van der Waals surface area contributed by atoms with E-state index in [2.05, 4.69) is 15.6 Å². The molecule has 200 valence electrons. The van der Waals surface area contributed by atoms with Gasteiger partial charge in [-0.1, -0.05) is 74.5 Å². The van der Waals surface area contributed by atoms with Crippen molar-refractivity contribution in [2.45, 2.75) is 45.0 Å². The van der Waals surface area contributed by atoms with Gasteiger partial charge < -0.3 is 15.0 Å². The molecule has 0 bridgehead atoms. The molecule has 0 aliphatic carbocycles. The molecule has 0 saturated carbocycles. The zero-order valence-corrected chi connectivity index (χ0v) is 21.7. The Labute approximate surface area is 225 Å². The number of amides is 1. The molecule has 39 heavy (non-hydrogen) atoms. The number of hydrogen-bond donors (Lipinski definition) is 3. The molecule has 3 N–H and O–H groups in total. The van der Waals surface area contributed by atoms with Crippen molar-refractivity contribution in [1.29, 1.82) is 0 Å². The lowest BCUT2D eigenvalue weighted by molar-refractivity contribution is -0.384. The summed E-state index contributed by atoms with van der Waals surface area (Å²) in [6.45, 7) is 3.85. The first-order chi connectivity index (χ1) is 18.8. The number of nitro benzene ring substituents is 1. The van der Waals surface area contributed by atoms with Crippen molar-refractivity contribution in [2.24, 2.45) is 5.92 Å². The molecule has 1 aliphatic rings. The first-order valence-corrected chi connectivity index (χ1v) is 12.9. The summed E-state index contributed by atoms with van der Waals surface area (Å²) in [5, 5.41) is 18.5. The van der Waals surface area contributed by atoms with E-state index in [0.29, 0.717) is 6.42 Å². The van der Waals surface area contributed by atoms with Gasteiger partial charge in [-0.3, -0.25) is 20.2 Å². The highest BCUT2D eigenvalue weighted by Crippen LogP contribution is 2.35. The van der Waals surface area contributed by atoms with Crippen LogP contribution in [0.5, 0.6) is 0 Å². The standard InChI is InChI=1S/C30H30N4O5/c1-18(2)26(30(36)39-17-19-8-4-3-5-9-19)33-29(35)25-16-23-22-10-6-7-11-24(22)31-28(23)27(32-25)20-12-14-21(15-13-20)34(37)38/h3-15,18,25-27,31-32H,16-17H2,1-2H3,(H,33,35)/t25-,26-,27+/m0/s1. The molecule has 5 rings (SSSR count). The monoisotopic (exact) mass is 526 g/mol. The van der Waals surface area contributed by atoms with Crippen LogP contribution >= 0.6 is 0 Å². The summed E-state index contributed by atoms with van der Waals surface area (Å²) in [5.74, 6) is -0.985. The van der Waals surface area contributed by atoms with E-state index < -0.39 is 29.0 Å². The molecule has 0 radical (unpaired) electrons. The van der Waals surface area contributed by atoms with E-state index in [9.17, 15) is 19.7 Å². The maximum absolute atomic E-state index is 13.6. The van der Waals surface area contributed by atoms with Gasteiger partial charge in [0.1, 0.15) is 12.6 Å². The molecular formula is C30H30N4O5. The fourth-order valence-corrected chi connectivity index (χ4v) is 5.02. The first kappa shape index (κ1) is 26.1. The van der Waals surface area contributed by atoms with Crippen molar-refractivity contribution < 1.29 is 19.2 Å². The molecule has 0 fully saturated rings. The Morgan fingerprint density at radius 2 is 1.72 bits per heavy atom. The van der Waals surface area contributed by atoms with Gasteiger partial charge in [-0.2, -0.15) is 0 Å². The fourth-order valence-electron chi connectivity index (χ4n) is 5.02. The van der Waals surface area contributed by atoms with Gasteiger partial charge in [0.05, 0.1) is 17.0 Å². The SMILES string of the molecule is CC(C)[C@H](NC(=O)[C@@H]1Cc2c([nH]c3ccccc23)[C@@H](c2ccc([N+](=O)[O-])cc2)N1)C(=O)OCc1ccccc1. The number of nitrogens with zero attached hydrogens (tertiary/aromatic N) is 1. The molecule has 0 spiro atoms. The third-order valence-electron chi connectivity index (χ3n) is 7.11. The first-order valence-electron chi connectivity index (χ1n) is 12.9. The van der Waals surface area contributed by atoms with Crippen molar-refractivity contribution in [3.63, 3.8) is 0 Å². The Bertz CT molecular complexity index is 1500. The predicted octanol–water partition coefficient (Wildman–Crippen LogP) is 4.56. The summed E-state index contributed by atoms with van der Waals surface area (Å²) < 4.78 is 5.53. The molecule has 1 aromatic heterocycles. The maximum Gasteiger partial charge on any atom is 0.329 e. The summed E-state index contributed by atoms with van der Waals surface area (Å²) in [4.78, 5) is 40.8. The second kappa shape index (κ2) is 11.1. The van der Waals surface area contributed by atoms with Gasteiger partial charge in [-0.15, -0.1) is 0 Å². The van der Waals surface area contributed by atoms with Crippen LogP contribution in [0.15, 0.2) is 78.9 Å². The van der Waals surface area contributed by atoms with Crippen LogP contribution in [0, 0.1) is 16.0 Å². The predicted molar refractivity (Wildman–Crippen MR) is 147 cm³/mol. The average molecular weight is 527 g/mol. The van der Waals surface area contributed by atoms with E-state index in [1.54, 1.807) is 12.1 Å². The summed E-state index contributed by atoms with van der Waals surface area (Å²) in [6, 6.07) is 21.7. The third-order valence-corrected chi connectivity index (χ3v) is 7.11. The fraction of sp³-hybridized carbons (Fsp3) is 0.267. The molecule has 9 nitrogen and oxygen atoms in total. The van der Waals surface area contributed by atoms with Gasteiger partial charge in [-0.05, 0) is 35.1 Å². The van der Waals surface area contributed by atoms with E-state index in [1.165, 1.54) is 12.1 Å². The largest absolute Gasteiger partial charge is 0.459 e. The van der Waals surface area contributed by atoms with Gasteiger partial charge in [0.2, 0.25) is 5.91 Å². The molecule has 0 saturated heterocycles. The molecule has 4 aromatic rings. The Balaban J connectivity index is 1.39. The number of esters is 1. The quantitative estimate of drug-likeness (QED) is 0.175. The number of para-hydroxylation sites is 1. The zero-order valence-electron chi connectivity index (χ0n) is 21.7.